The maximum atomic E-state index is 12.0. The van der Waals surface area contributed by atoms with Crippen molar-refractivity contribution in [1.29, 1.82) is 0 Å². The molecule has 0 unspecified atom stereocenters. The normalized spacial score (nSPS) is 10.8. The SMILES string of the molecule is CCCCCCCCCCC(=O)Oc1ccccc1OC(=O)CC(C)C. The number of rotatable bonds is 13. The van der Waals surface area contributed by atoms with Gasteiger partial charge in [-0.2, -0.15) is 0 Å². The fourth-order valence-corrected chi connectivity index (χ4v) is 2.69. The van der Waals surface area contributed by atoms with E-state index < -0.39 is 0 Å². The van der Waals surface area contributed by atoms with Gasteiger partial charge in [-0.25, -0.2) is 0 Å². The average Bonchev–Trinajstić information content (AvgIpc) is 2.58. The maximum Gasteiger partial charge on any atom is 0.311 e. The van der Waals surface area contributed by atoms with Crippen molar-refractivity contribution in [2.45, 2.75) is 85.0 Å². The summed E-state index contributed by atoms with van der Waals surface area (Å²) in [5, 5.41) is 0. The van der Waals surface area contributed by atoms with Crippen LogP contribution in [0, 0.1) is 5.92 Å². The molecule has 1 aromatic carbocycles. The third-order valence-electron chi connectivity index (χ3n) is 4.11. The Morgan fingerprint density at radius 3 is 1.85 bits per heavy atom. The standard InChI is InChI=1S/C22H34O4/c1-4-5-6-7-8-9-10-11-16-21(23)25-19-14-12-13-15-20(19)26-22(24)17-18(2)3/h12-15,18H,4-11,16-17H2,1-3H3. The van der Waals surface area contributed by atoms with Gasteiger partial charge < -0.3 is 9.47 Å². The zero-order valence-corrected chi connectivity index (χ0v) is 16.6. The Bertz CT molecular complexity index is 537. The molecule has 4 nitrogen and oxygen atoms in total. The molecule has 0 aliphatic carbocycles. The maximum absolute atomic E-state index is 12.0. The first-order chi connectivity index (χ1) is 12.5. The molecular weight excluding hydrogens is 328 g/mol. The van der Waals surface area contributed by atoms with Gasteiger partial charge in [-0.3, -0.25) is 9.59 Å². The van der Waals surface area contributed by atoms with E-state index in [1.54, 1.807) is 24.3 Å². The summed E-state index contributed by atoms with van der Waals surface area (Å²) in [7, 11) is 0. The molecule has 4 heteroatoms. The molecule has 0 spiro atoms. The van der Waals surface area contributed by atoms with Gasteiger partial charge in [-0.05, 0) is 24.5 Å². The number of benzene rings is 1. The van der Waals surface area contributed by atoms with Crippen LogP contribution in [0.15, 0.2) is 24.3 Å². The minimum Gasteiger partial charge on any atom is -0.423 e. The Balaban J connectivity index is 2.32. The van der Waals surface area contributed by atoms with Crippen molar-refractivity contribution in [3.63, 3.8) is 0 Å². The molecule has 0 bridgehead atoms. The highest BCUT2D eigenvalue weighted by Gasteiger charge is 2.14. The Morgan fingerprint density at radius 1 is 0.808 bits per heavy atom. The van der Waals surface area contributed by atoms with Crippen LogP contribution < -0.4 is 9.47 Å². The molecule has 0 aromatic heterocycles. The van der Waals surface area contributed by atoms with E-state index in [0.29, 0.717) is 24.3 Å². The summed E-state index contributed by atoms with van der Waals surface area (Å²) in [6.45, 7) is 6.13. The molecule has 0 heterocycles. The minimum atomic E-state index is -0.313. The first kappa shape index (κ1) is 22.2. The number of esters is 2. The summed E-state index contributed by atoms with van der Waals surface area (Å²) in [4.78, 5) is 23.9. The molecule has 0 radical (unpaired) electrons. The van der Waals surface area contributed by atoms with E-state index in [2.05, 4.69) is 6.92 Å². The second-order valence-electron chi connectivity index (χ2n) is 7.22. The molecule has 0 fully saturated rings. The third kappa shape index (κ3) is 10.2. The van der Waals surface area contributed by atoms with E-state index in [1.165, 1.54) is 38.5 Å². The Morgan fingerprint density at radius 2 is 1.31 bits per heavy atom. The van der Waals surface area contributed by atoms with E-state index in [9.17, 15) is 9.59 Å². The van der Waals surface area contributed by atoms with Gasteiger partial charge in [0.15, 0.2) is 11.5 Å². The van der Waals surface area contributed by atoms with Crippen molar-refractivity contribution in [2.24, 2.45) is 5.92 Å². The largest absolute Gasteiger partial charge is 0.423 e. The van der Waals surface area contributed by atoms with Crippen molar-refractivity contribution < 1.29 is 19.1 Å². The summed E-state index contributed by atoms with van der Waals surface area (Å²) in [5.41, 5.74) is 0. The number of para-hydroxylation sites is 2. The molecule has 1 aromatic rings. The topological polar surface area (TPSA) is 52.6 Å². The lowest BCUT2D eigenvalue weighted by molar-refractivity contribution is -0.137. The zero-order valence-electron chi connectivity index (χ0n) is 16.6. The molecule has 0 N–H and O–H groups in total. The van der Waals surface area contributed by atoms with E-state index in [-0.39, 0.29) is 17.9 Å². The van der Waals surface area contributed by atoms with Gasteiger partial charge in [0.2, 0.25) is 0 Å². The Kier molecular flexibility index (Phi) is 11.4. The van der Waals surface area contributed by atoms with Crippen molar-refractivity contribution in [2.75, 3.05) is 0 Å². The van der Waals surface area contributed by atoms with Crippen molar-refractivity contribution in [1.82, 2.24) is 0 Å². The first-order valence-corrected chi connectivity index (χ1v) is 10.0. The fraction of sp³-hybridized carbons (Fsp3) is 0.636. The number of unbranched alkanes of at least 4 members (excludes halogenated alkanes) is 7. The smallest absolute Gasteiger partial charge is 0.311 e. The second kappa shape index (κ2) is 13.4. The van der Waals surface area contributed by atoms with Crippen molar-refractivity contribution >= 4 is 11.9 Å². The highest BCUT2D eigenvalue weighted by Crippen LogP contribution is 2.27. The van der Waals surface area contributed by atoms with Crippen LogP contribution in [0.2, 0.25) is 0 Å². The highest BCUT2D eigenvalue weighted by atomic mass is 16.6. The van der Waals surface area contributed by atoms with Crippen LogP contribution in [0.1, 0.15) is 85.0 Å². The summed E-state index contributed by atoms with van der Waals surface area (Å²) in [6, 6.07) is 6.83. The predicted molar refractivity (Wildman–Crippen MR) is 104 cm³/mol. The lowest BCUT2D eigenvalue weighted by Gasteiger charge is -2.11. The average molecular weight is 363 g/mol. The number of ether oxygens (including phenoxy) is 2. The van der Waals surface area contributed by atoms with Gasteiger partial charge in [-0.1, -0.05) is 77.8 Å². The number of carbonyl (C=O) groups is 2. The molecule has 146 valence electrons. The van der Waals surface area contributed by atoms with Crippen molar-refractivity contribution in [3.05, 3.63) is 24.3 Å². The van der Waals surface area contributed by atoms with Gasteiger partial charge in [-0.15, -0.1) is 0 Å². The minimum absolute atomic E-state index is 0.221. The van der Waals surface area contributed by atoms with E-state index >= 15 is 0 Å². The highest BCUT2D eigenvalue weighted by molar-refractivity contribution is 5.76. The summed E-state index contributed by atoms with van der Waals surface area (Å²) in [5.74, 6) is 0.255. The lowest BCUT2D eigenvalue weighted by Crippen LogP contribution is -2.13. The summed E-state index contributed by atoms with van der Waals surface area (Å²) < 4.78 is 10.7. The monoisotopic (exact) mass is 362 g/mol. The van der Waals surface area contributed by atoms with Crippen LogP contribution >= 0.6 is 0 Å². The van der Waals surface area contributed by atoms with E-state index in [0.717, 1.165) is 12.8 Å². The van der Waals surface area contributed by atoms with Crippen LogP contribution in [0.4, 0.5) is 0 Å². The van der Waals surface area contributed by atoms with Gasteiger partial charge in [0.1, 0.15) is 0 Å². The number of hydrogen-bond acceptors (Lipinski definition) is 4. The first-order valence-electron chi connectivity index (χ1n) is 10.0. The zero-order chi connectivity index (χ0) is 19.2. The number of hydrogen-bond donors (Lipinski definition) is 0. The second-order valence-corrected chi connectivity index (χ2v) is 7.22. The molecule has 1 rings (SSSR count). The van der Waals surface area contributed by atoms with Gasteiger partial charge in [0.05, 0.1) is 0 Å². The molecule has 0 aliphatic rings. The molecular formula is C22H34O4. The van der Waals surface area contributed by atoms with Crippen LogP contribution in [0.5, 0.6) is 11.5 Å². The van der Waals surface area contributed by atoms with Crippen LogP contribution in [-0.4, -0.2) is 11.9 Å². The third-order valence-corrected chi connectivity index (χ3v) is 4.11. The van der Waals surface area contributed by atoms with Gasteiger partial charge >= 0.3 is 11.9 Å². The van der Waals surface area contributed by atoms with E-state index in [4.69, 9.17) is 9.47 Å². The predicted octanol–water partition coefficient (Wildman–Crippen LogP) is 6.07. The van der Waals surface area contributed by atoms with Gasteiger partial charge in [0, 0.05) is 12.8 Å². The molecule has 0 amide bonds. The van der Waals surface area contributed by atoms with Crippen LogP contribution in [0.25, 0.3) is 0 Å². The van der Waals surface area contributed by atoms with Crippen LogP contribution in [-0.2, 0) is 9.59 Å². The fourth-order valence-electron chi connectivity index (χ4n) is 2.69. The van der Waals surface area contributed by atoms with Crippen LogP contribution in [0.3, 0.4) is 0 Å². The Hall–Kier alpha value is -1.84. The number of carbonyl (C=O) groups excluding carboxylic acids is 2. The molecule has 26 heavy (non-hydrogen) atoms. The quantitative estimate of drug-likeness (QED) is 0.243. The molecule has 0 aliphatic heterocycles. The molecule has 0 saturated heterocycles. The van der Waals surface area contributed by atoms with E-state index in [1.807, 2.05) is 13.8 Å². The molecule has 0 saturated carbocycles. The summed E-state index contributed by atoms with van der Waals surface area (Å²) in [6.07, 6.45) is 10.2. The molecule has 0 atom stereocenters. The van der Waals surface area contributed by atoms with Gasteiger partial charge in [0.25, 0.3) is 0 Å². The summed E-state index contributed by atoms with van der Waals surface area (Å²) >= 11 is 0. The van der Waals surface area contributed by atoms with Crippen molar-refractivity contribution in [3.8, 4) is 11.5 Å². The Labute approximate surface area is 158 Å². The lowest BCUT2D eigenvalue weighted by atomic mass is 10.1.